The Kier molecular flexibility index (Phi) is 5.37. The lowest BCUT2D eigenvalue weighted by molar-refractivity contribution is 0.419. The number of pyridine rings is 1. The summed E-state index contributed by atoms with van der Waals surface area (Å²) in [6, 6.07) is 16.6. The van der Waals surface area contributed by atoms with Crippen LogP contribution in [-0.2, 0) is 0 Å². The molecule has 0 aliphatic rings. The Morgan fingerprint density at radius 3 is 2.65 bits per heavy atom. The molecule has 0 aliphatic carbocycles. The minimum atomic E-state index is -0.321. The predicted molar refractivity (Wildman–Crippen MR) is 121 cm³/mol. The van der Waals surface area contributed by atoms with Crippen molar-refractivity contribution < 1.29 is 4.74 Å². The Balaban J connectivity index is 1.94. The maximum atomic E-state index is 13.6. The molecule has 1 N–H and O–H groups in total. The topological polar surface area (TPSA) is 73.4 Å². The first kappa shape index (κ1) is 20.1. The monoisotopic (exact) mass is 411 g/mol. The number of ether oxygens (including phenoxy) is 1. The first-order valence-electron chi connectivity index (χ1n) is 9.79. The molecule has 0 fully saturated rings. The molecule has 0 saturated carbocycles. The third-order valence-electron chi connectivity index (χ3n) is 5.08. The summed E-state index contributed by atoms with van der Waals surface area (Å²) in [6.07, 6.45) is 1.50. The Bertz CT molecular complexity index is 1360. The van der Waals surface area contributed by atoms with Gasteiger partial charge in [0.25, 0.3) is 5.56 Å². The van der Waals surface area contributed by atoms with E-state index < -0.39 is 0 Å². The standard InChI is InChI=1S/C24H21N5O2/c1-15(27-23-19(25-3)14-26-16(2)28-23)20-13-17-9-8-12-21(31-4)22(17)24(30)29(20)18-10-6-5-7-11-18/h5-15H,1-2,4H3,(H,26,27,28)/t15-/m0/s1. The number of hydrogen-bond acceptors (Lipinski definition) is 5. The van der Waals surface area contributed by atoms with Gasteiger partial charge in [-0.1, -0.05) is 30.3 Å². The molecule has 2 heterocycles. The number of methoxy groups -OCH3 is 1. The van der Waals surface area contributed by atoms with Gasteiger partial charge >= 0.3 is 0 Å². The van der Waals surface area contributed by atoms with E-state index in [0.29, 0.717) is 28.5 Å². The summed E-state index contributed by atoms with van der Waals surface area (Å²) >= 11 is 0. The van der Waals surface area contributed by atoms with Crippen molar-refractivity contribution in [3.05, 3.63) is 94.1 Å². The second-order valence-corrected chi connectivity index (χ2v) is 7.10. The van der Waals surface area contributed by atoms with Crippen LogP contribution in [0.4, 0.5) is 11.5 Å². The van der Waals surface area contributed by atoms with Gasteiger partial charge in [-0.05, 0) is 43.5 Å². The Morgan fingerprint density at radius 1 is 1.16 bits per heavy atom. The van der Waals surface area contributed by atoms with Crippen LogP contribution in [0.15, 0.2) is 65.6 Å². The molecule has 4 rings (SSSR count). The van der Waals surface area contributed by atoms with E-state index in [9.17, 15) is 4.79 Å². The number of nitrogens with zero attached hydrogens (tertiary/aromatic N) is 4. The minimum Gasteiger partial charge on any atom is -0.496 e. The normalized spacial score (nSPS) is 11.7. The van der Waals surface area contributed by atoms with Crippen LogP contribution < -0.4 is 15.6 Å². The van der Waals surface area contributed by atoms with Gasteiger partial charge in [0, 0.05) is 17.6 Å². The summed E-state index contributed by atoms with van der Waals surface area (Å²) in [5, 5.41) is 4.59. The van der Waals surface area contributed by atoms with Crippen molar-refractivity contribution in [2.24, 2.45) is 0 Å². The van der Waals surface area contributed by atoms with Gasteiger partial charge in [0.15, 0.2) is 0 Å². The summed E-state index contributed by atoms with van der Waals surface area (Å²) in [7, 11) is 1.56. The molecule has 1 atom stereocenters. The van der Waals surface area contributed by atoms with Gasteiger partial charge in [0.1, 0.15) is 17.4 Å². The highest BCUT2D eigenvalue weighted by molar-refractivity contribution is 5.88. The number of fused-ring (bicyclic) bond motifs is 1. The lowest BCUT2D eigenvalue weighted by Crippen LogP contribution is -2.26. The molecule has 2 aromatic heterocycles. The number of rotatable bonds is 5. The van der Waals surface area contributed by atoms with Gasteiger partial charge in [-0.3, -0.25) is 14.3 Å². The smallest absolute Gasteiger partial charge is 0.267 e. The number of nitrogens with one attached hydrogen (secondary N) is 1. The zero-order valence-electron chi connectivity index (χ0n) is 17.5. The van der Waals surface area contributed by atoms with E-state index >= 15 is 0 Å². The van der Waals surface area contributed by atoms with E-state index in [1.807, 2.05) is 55.5 Å². The van der Waals surface area contributed by atoms with E-state index in [1.54, 1.807) is 24.7 Å². The van der Waals surface area contributed by atoms with Crippen molar-refractivity contribution in [3.63, 3.8) is 0 Å². The average molecular weight is 411 g/mol. The number of aryl methyl sites for hydroxylation is 1. The Labute approximate surface area is 179 Å². The van der Waals surface area contributed by atoms with Crippen molar-refractivity contribution in [2.45, 2.75) is 19.9 Å². The predicted octanol–water partition coefficient (Wildman–Crippen LogP) is 4.82. The van der Waals surface area contributed by atoms with Crippen LogP contribution in [0.5, 0.6) is 5.75 Å². The van der Waals surface area contributed by atoms with Crippen LogP contribution in [0.25, 0.3) is 21.3 Å². The number of hydrogen-bond donors (Lipinski definition) is 1. The number of para-hydroxylation sites is 1. The molecule has 0 aliphatic heterocycles. The van der Waals surface area contributed by atoms with E-state index in [1.165, 1.54) is 6.20 Å². The second-order valence-electron chi connectivity index (χ2n) is 7.10. The number of benzene rings is 2. The third-order valence-corrected chi connectivity index (χ3v) is 5.08. The molecule has 31 heavy (non-hydrogen) atoms. The fraction of sp³-hybridized carbons (Fsp3) is 0.167. The van der Waals surface area contributed by atoms with Crippen molar-refractivity contribution in [1.29, 1.82) is 0 Å². The largest absolute Gasteiger partial charge is 0.496 e. The summed E-state index contributed by atoms with van der Waals surface area (Å²) in [6.45, 7) is 11.1. The van der Waals surface area contributed by atoms with E-state index in [-0.39, 0.29) is 11.6 Å². The molecule has 0 unspecified atom stereocenters. The summed E-state index contributed by atoms with van der Waals surface area (Å²) in [5.74, 6) is 1.53. The van der Waals surface area contributed by atoms with Gasteiger partial charge in [-0.15, -0.1) is 0 Å². The molecule has 0 spiro atoms. The quantitative estimate of drug-likeness (QED) is 0.477. The zero-order chi connectivity index (χ0) is 22.0. The zero-order valence-corrected chi connectivity index (χ0v) is 17.5. The van der Waals surface area contributed by atoms with Crippen molar-refractivity contribution in [1.82, 2.24) is 14.5 Å². The van der Waals surface area contributed by atoms with Crippen molar-refractivity contribution in [2.75, 3.05) is 12.4 Å². The average Bonchev–Trinajstić information content (AvgIpc) is 2.79. The first-order valence-corrected chi connectivity index (χ1v) is 9.79. The molecule has 0 saturated heterocycles. The van der Waals surface area contributed by atoms with Crippen LogP contribution in [-0.4, -0.2) is 21.6 Å². The van der Waals surface area contributed by atoms with Gasteiger partial charge in [0.2, 0.25) is 5.69 Å². The Morgan fingerprint density at radius 2 is 1.94 bits per heavy atom. The van der Waals surface area contributed by atoms with Gasteiger partial charge < -0.3 is 10.1 Å². The first-order chi connectivity index (χ1) is 15.0. The van der Waals surface area contributed by atoms with E-state index in [2.05, 4.69) is 20.1 Å². The van der Waals surface area contributed by atoms with Crippen LogP contribution in [0.3, 0.4) is 0 Å². The molecule has 0 amide bonds. The summed E-state index contributed by atoms with van der Waals surface area (Å²) < 4.78 is 7.13. The number of anilines is 1. The summed E-state index contributed by atoms with van der Waals surface area (Å²) in [4.78, 5) is 25.6. The fourth-order valence-electron chi connectivity index (χ4n) is 3.61. The fourth-order valence-corrected chi connectivity index (χ4v) is 3.61. The molecule has 0 bridgehead atoms. The SMILES string of the molecule is [C-]#[N+]c1cnc(C)nc1N[C@@H](C)c1cc2cccc(OC)c2c(=O)n1-c1ccccc1. The minimum absolute atomic E-state index is 0.172. The highest BCUT2D eigenvalue weighted by Crippen LogP contribution is 2.30. The lowest BCUT2D eigenvalue weighted by Gasteiger charge is -2.22. The summed E-state index contributed by atoms with van der Waals surface area (Å²) in [5.41, 5.74) is 1.64. The molecular formula is C24H21N5O2. The molecule has 0 radical (unpaired) electrons. The van der Waals surface area contributed by atoms with Crippen molar-refractivity contribution in [3.8, 4) is 11.4 Å². The van der Waals surface area contributed by atoms with Crippen molar-refractivity contribution >= 4 is 22.3 Å². The maximum absolute atomic E-state index is 13.6. The maximum Gasteiger partial charge on any atom is 0.267 e. The highest BCUT2D eigenvalue weighted by Gasteiger charge is 2.19. The third kappa shape index (κ3) is 3.71. The lowest BCUT2D eigenvalue weighted by atomic mass is 10.1. The van der Waals surface area contributed by atoms with Crippen LogP contribution in [0, 0.1) is 13.5 Å². The van der Waals surface area contributed by atoms with E-state index in [0.717, 1.165) is 16.8 Å². The van der Waals surface area contributed by atoms with E-state index in [4.69, 9.17) is 11.3 Å². The number of aromatic nitrogens is 3. The van der Waals surface area contributed by atoms with Crippen LogP contribution >= 0.6 is 0 Å². The molecule has 7 heteroatoms. The molecule has 2 aromatic carbocycles. The molecular weight excluding hydrogens is 390 g/mol. The van der Waals surface area contributed by atoms with Crippen LogP contribution in [0.1, 0.15) is 24.5 Å². The van der Waals surface area contributed by atoms with Gasteiger partial charge in [-0.25, -0.2) is 9.83 Å². The highest BCUT2D eigenvalue weighted by atomic mass is 16.5. The molecule has 154 valence electrons. The Hall–Kier alpha value is -4.18. The van der Waals surface area contributed by atoms with Gasteiger partial charge in [-0.2, -0.15) is 0 Å². The second kappa shape index (κ2) is 8.28. The van der Waals surface area contributed by atoms with Gasteiger partial charge in [0.05, 0.1) is 25.1 Å². The van der Waals surface area contributed by atoms with Crippen LogP contribution in [0.2, 0.25) is 0 Å². The molecule has 7 nitrogen and oxygen atoms in total. The molecule has 4 aromatic rings.